The molecule has 0 aromatic rings. The number of hydrogen-bond donors (Lipinski definition) is 1. The molecule has 0 saturated heterocycles. The normalized spacial score (nSPS) is 49.8. The minimum atomic E-state index is 0.888. The number of nitrogens with one attached hydrogen (secondary N) is 1. The molecule has 1 nitrogen and oxygen atoms in total. The maximum Gasteiger partial charge on any atom is 0.0101 e. The molecule has 0 amide bonds. The molecule has 17 heavy (non-hydrogen) atoms. The molecular formula is C16H27N. The average Bonchev–Trinajstić information content (AvgIpc) is 3.01. The summed E-state index contributed by atoms with van der Waals surface area (Å²) in [6.45, 7) is 0. The topological polar surface area (TPSA) is 12.0 Å². The van der Waals surface area contributed by atoms with Crippen LogP contribution in [0, 0.1) is 23.7 Å². The maximum atomic E-state index is 4.06. The van der Waals surface area contributed by atoms with Gasteiger partial charge in [-0.1, -0.05) is 19.3 Å². The van der Waals surface area contributed by atoms with Crippen LogP contribution in [-0.2, 0) is 0 Å². The van der Waals surface area contributed by atoms with Crippen molar-refractivity contribution in [3.05, 3.63) is 0 Å². The summed E-state index contributed by atoms with van der Waals surface area (Å²) in [4.78, 5) is 0. The molecule has 4 aliphatic rings. The van der Waals surface area contributed by atoms with Crippen molar-refractivity contribution >= 4 is 0 Å². The van der Waals surface area contributed by atoms with E-state index < -0.39 is 0 Å². The van der Waals surface area contributed by atoms with E-state index in [1.54, 1.807) is 25.7 Å². The third-order valence-electron chi connectivity index (χ3n) is 6.19. The highest BCUT2D eigenvalue weighted by Gasteiger charge is 2.41. The van der Waals surface area contributed by atoms with Gasteiger partial charge in [0.15, 0.2) is 0 Å². The van der Waals surface area contributed by atoms with Gasteiger partial charge in [-0.3, -0.25) is 0 Å². The predicted octanol–water partition coefficient (Wildman–Crippen LogP) is 3.73. The predicted molar refractivity (Wildman–Crippen MR) is 70.8 cm³/mol. The Hall–Kier alpha value is -0.0400. The summed E-state index contributed by atoms with van der Waals surface area (Å²) < 4.78 is 0. The molecule has 0 aromatic heterocycles. The Morgan fingerprint density at radius 2 is 1.53 bits per heavy atom. The zero-order valence-electron chi connectivity index (χ0n) is 11.0. The molecule has 0 aliphatic heterocycles. The third-order valence-corrected chi connectivity index (χ3v) is 6.19. The highest BCUT2D eigenvalue weighted by Crippen LogP contribution is 2.46. The van der Waals surface area contributed by atoms with E-state index in [1.807, 2.05) is 0 Å². The summed E-state index contributed by atoms with van der Waals surface area (Å²) in [5.41, 5.74) is 0. The molecule has 4 rings (SSSR count). The van der Waals surface area contributed by atoms with Gasteiger partial charge in [0.25, 0.3) is 0 Å². The van der Waals surface area contributed by atoms with Crippen molar-refractivity contribution in [2.24, 2.45) is 23.7 Å². The Morgan fingerprint density at radius 1 is 0.647 bits per heavy atom. The van der Waals surface area contributed by atoms with Crippen LogP contribution in [0.1, 0.15) is 64.2 Å². The average molecular weight is 233 g/mol. The smallest absolute Gasteiger partial charge is 0.0101 e. The lowest BCUT2D eigenvalue weighted by Gasteiger charge is -2.34. The van der Waals surface area contributed by atoms with Crippen LogP contribution in [0.4, 0.5) is 0 Å². The lowest BCUT2D eigenvalue weighted by Crippen LogP contribution is -2.43. The Labute approximate surface area is 106 Å². The fourth-order valence-electron chi connectivity index (χ4n) is 5.13. The summed E-state index contributed by atoms with van der Waals surface area (Å²) in [5.74, 6) is 4.39. The van der Waals surface area contributed by atoms with Gasteiger partial charge in [0.1, 0.15) is 0 Å². The monoisotopic (exact) mass is 233 g/mol. The Kier molecular flexibility index (Phi) is 2.72. The van der Waals surface area contributed by atoms with Crippen molar-refractivity contribution in [1.82, 2.24) is 5.32 Å². The lowest BCUT2D eigenvalue weighted by molar-refractivity contribution is 0.223. The van der Waals surface area contributed by atoms with Gasteiger partial charge in [0, 0.05) is 12.1 Å². The lowest BCUT2D eigenvalue weighted by atomic mass is 9.82. The van der Waals surface area contributed by atoms with Gasteiger partial charge in [-0.05, 0) is 68.6 Å². The van der Waals surface area contributed by atoms with E-state index in [2.05, 4.69) is 5.32 Å². The first-order valence-electron chi connectivity index (χ1n) is 8.14. The molecule has 4 saturated carbocycles. The third kappa shape index (κ3) is 2.16. The summed E-state index contributed by atoms with van der Waals surface area (Å²) in [5, 5.41) is 4.06. The molecule has 0 heterocycles. The van der Waals surface area contributed by atoms with Crippen LogP contribution < -0.4 is 5.32 Å². The van der Waals surface area contributed by atoms with E-state index in [0.717, 1.165) is 35.8 Å². The SMILES string of the molecule is C1CC(NC2CC3CCC2C3)CC(C2CC2)C1. The first-order chi connectivity index (χ1) is 8.38. The summed E-state index contributed by atoms with van der Waals surface area (Å²) in [6.07, 6.45) is 15.2. The van der Waals surface area contributed by atoms with E-state index in [4.69, 9.17) is 0 Å². The quantitative estimate of drug-likeness (QED) is 0.783. The van der Waals surface area contributed by atoms with Gasteiger partial charge in [-0.25, -0.2) is 0 Å². The second-order valence-corrected chi connectivity index (χ2v) is 7.41. The first kappa shape index (κ1) is 10.8. The van der Waals surface area contributed by atoms with Crippen molar-refractivity contribution < 1.29 is 0 Å². The number of hydrogen-bond acceptors (Lipinski definition) is 1. The van der Waals surface area contributed by atoms with E-state index in [-0.39, 0.29) is 0 Å². The van der Waals surface area contributed by atoms with Crippen molar-refractivity contribution in [2.45, 2.75) is 76.3 Å². The van der Waals surface area contributed by atoms with Gasteiger partial charge in [-0.2, -0.15) is 0 Å². The fourth-order valence-corrected chi connectivity index (χ4v) is 5.13. The van der Waals surface area contributed by atoms with E-state index in [0.29, 0.717) is 0 Å². The molecule has 0 radical (unpaired) electrons. The molecule has 96 valence electrons. The van der Waals surface area contributed by atoms with Crippen LogP contribution in [0.25, 0.3) is 0 Å². The summed E-state index contributed by atoms with van der Waals surface area (Å²) in [6, 6.07) is 1.80. The molecule has 4 fully saturated rings. The highest BCUT2D eigenvalue weighted by atomic mass is 15.0. The van der Waals surface area contributed by atoms with Gasteiger partial charge < -0.3 is 5.32 Å². The van der Waals surface area contributed by atoms with Gasteiger partial charge in [-0.15, -0.1) is 0 Å². The molecule has 0 spiro atoms. The van der Waals surface area contributed by atoms with Crippen molar-refractivity contribution in [1.29, 1.82) is 0 Å². The Bertz CT molecular complexity index is 283. The summed E-state index contributed by atoms with van der Waals surface area (Å²) in [7, 11) is 0. The zero-order chi connectivity index (χ0) is 11.2. The number of fused-ring (bicyclic) bond motifs is 2. The minimum absolute atomic E-state index is 0.888. The van der Waals surface area contributed by atoms with Crippen LogP contribution in [0.15, 0.2) is 0 Å². The highest BCUT2D eigenvalue weighted by molar-refractivity contribution is 4.97. The molecule has 4 aliphatic carbocycles. The van der Waals surface area contributed by atoms with Crippen LogP contribution in [-0.4, -0.2) is 12.1 Å². The van der Waals surface area contributed by atoms with Crippen LogP contribution in [0.2, 0.25) is 0 Å². The largest absolute Gasteiger partial charge is 0.311 e. The zero-order valence-corrected chi connectivity index (χ0v) is 11.0. The van der Waals surface area contributed by atoms with Crippen molar-refractivity contribution in [2.75, 3.05) is 0 Å². The standard InChI is InChI=1S/C16H27N/c1-2-13(12-6-7-12)10-15(3-1)17-16-9-11-4-5-14(16)8-11/h11-17H,1-10H2. The molecule has 0 aromatic carbocycles. The second kappa shape index (κ2) is 4.26. The molecule has 1 heteroatoms. The first-order valence-corrected chi connectivity index (χ1v) is 8.14. The van der Waals surface area contributed by atoms with Crippen LogP contribution in [0.5, 0.6) is 0 Å². The van der Waals surface area contributed by atoms with Crippen LogP contribution >= 0.6 is 0 Å². The molecule has 5 unspecified atom stereocenters. The van der Waals surface area contributed by atoms with Crippen LogP contribution in [0.3, 0.4) is 0 Å². The van der Waals surface area contributed by atoms with Gasteiger partial charge in [0.2, 0.25) is 0 Å². The van der Waals surface area contributed by atoms with Gasteiger partial charge in [0.05, 0.1) is 0 Å². The maximum absolute atomic E-state index is 4.06. The summed E-state index contributed by atoms with van der Waals surface area (Å²) >= 11 is 0. The molecule has 5 atom stereocenters. The van der Waals surface area contributed by atoms with E-state index in [9.17, 15) is 0 Å². The minimum Gasteiger partial charge on any atom is -0.311 e. The molecule has 1 N–H and O–H groups in total. The fraction of sp³-hybridized carbons (Fsp3) is 1.00. The Morgan fingerprint density at radius 3 is 2.24 bits per heavy atom. The van der Waals surface area contributed by atoms with E-state index in [1.165, 1.54) is 38.5 Å². The molecule has 2 bridgehead atoms. The van der Waals surface area contributed by atoms with Crippen molar-refractivity contribution in [3.8, 4) is 0 Å². The molecular weight excluding hydrogens is 206 g/mol. The Balaban J connectivity index is 1.32. The van der Waals surface area contributed by atoms with Gasteiger partial charge >= 0.3 is 0 Å². The number of rotatable bonds is 3. The van der Waals surface area contributed by atoms with Crippen molar-refractivity contribution in [3.63, 3.8) is 0 Å². The second-order valence-electron chi connectivity index (χ2n) is 7.41. The van der Waals surface area contributed by atoms with E-state index >= 15 is 0 Å².